The minimum atomic E-state index is -0.922. The fourth-order valence-corrected chi connectivity index (χ4v) is 2.53. The molecule has 0 unspecified atom stereocenters. The van der Waals surface area contributed by atoms with Crippen LogP contribution in [0.1, 0.15) is 30.6 Å². The molecule has 1 aromatic rings. The third-order valence-electron chi connectivity index (χ3n) is 3.21. The molecule has 0 heterocycles. The Morgan fingerprint density at radius 2 is 1.96 bits per heavy atom. The van der Waals surface area contributed by atoms with Crippen molar-refractivity contribution in [2.75, 3.05) is 13.2 Å². The molecule has 0 bridgehead atoms. The van der Waals surface area contributed by atoms with Crippen LogP contribution in [0.15, 0.2) is 18.2 Å². The van der Waals surface area contributed by atoms with Crippen molar-refractivity contribution in [3.63, 3.8) is 0 Å². The average Bonchev–Trinajstić information content (AvgIpc) is 2.56. The van der Waals surface area contributed by atoms with Crippen molar-refractivity contribution in [3.05, 3.63) is 33.8 Å². The number of ether oxygens (including phenoxy) is 1. The van der Waals surface area contributed by atoms with Gasteiger partial charge in [0, 0.05) is 5.02 Å². The molecule has 140 valence electrons. The highest BCUT2D eigenvalue weighted by Gasteiger charge is 2.25. The first-order chi connectivity index (χ1) is 12.2. The van der Waals surface area contributed by atoms with Gasteiger partial charge in [0.15, 0.2) is 6.61 Å². The van der Waals surface area contributed by atoms with Gasteiger partial charge in [0.1, 0.15) is 6.04 Å². The Hall–Kier alpha value is -2.23. The topological polar surface area (TPSA) is 84.5 Å². The molecular weight excluding hydrogens is 379 g/mol. The lowest BCUT2D eigenvalue weighted by atomic mass is 10.0. The molecule has 2 N–H and O–H groups in total. The monoisotopic (exact) mass is 398 g/mol. The van der Waals surface area contributed by atoms with Crippen molar-refractivity contribution in [1.82, 2.24) is 10.6 Å². The lowest BCUT2D eigenvalue weighted by Crippen LogP contribution is -2.43. The van der Waals surface area contributed by atoms with Crippen molar-refractivity contribution in [2.45, 2.75) is 26.3 Å². The normalized spacial score (nSPS) is 11.4. The van der Waals surface area contributed by atoms with Crippen LogP contribution in [-0.2, 0) is 14.3 Å². The third-order valence-corrected chi connectivity index (χ3v) is 3.75. The van der Waals surface area contributed by atoms with E-state index in [1.807, 2.05) is 13.8 Å². The van der Waals surface area contributed by atoms with Crippen LogP contribution in [0.4, 0.5) is 0 Å². The van der Waals surface area contributed by atoms with Crippen LogP contribution in [-0.4, -0.2) is 37.0 Å². The number of benzene rings is 1. The Labute approximate surface area is 162 Å². The molecule has 0 radical (unpaired) electrons. The number of rotatable bonds is 8. The molecule has 2 amide bonds. The highest BCUT2D eigenvalue weighted by Crippen LogP contribution is 2.21. The zero-order valence-electron chi connectivity index (χ0n) is 14.5. The fourth-order valence-electron chi connectivity index (χ4n) is 2.03. The summed E-state index contributed by atoms with van der Waals surface area (Å²) >= 11 is 11.8. The minimum absolute atomic E-state index is 0.0393. The predicted octanol–water partition coefficient (Wildman–Crippen LogP) is 2.43. The largest absolute Gasteiger partial charge is 0.454 e. The summed E-state index contributed by atoms with van der Waals surface area (Å²) in [7, 11) is 0. The molecular formula is C18H20Cl2N2O4. The summed E-state index contributed by atoms with van der Waals surface area (Å²) in [4.78, 5) is 36.1. The maximum Gasteiger partial charge on any atom is 0.329 e. The highest BCUT2D eigenvalue weighted by atomic mass is 35.5. The molecule has 1 aromatic carbocycles. The van der Waals surface area contributed by atoms with Crippen LogP contribution in [0.2, 0.25) is 10.0 Å². The summed E-state index contributed by atoms with van der Waals surface area (Å²) in [6.45, 7) is 3.34. The molecule has 0 aliphatic rings. The Morgan fingerprint density at radius 3 is 2.54 bits per heavy atom. The van der Waals surface area contributed by atoms with Crippen LogP contribution < -0.4 is 10.6 Å². The van der Waals surface area contributed by atoms with Crippen molar-refractivity contribution in [3.8, 4) is 12.3 Å². The number of terminal acetylenes is 1. The van der Waals surface area contributed by atoms with E-state index < -0.39 is 30.4 Å². The van der Waals surface area contributed by atoms with Crippen molar-refractivity contribution in [1.29, 1.82) is 0 Å². The summed E-state index contributed by atoms with van der Waals surface area (Å²) in [5, 5.41) is 5.52. The van der Waals surface area contributed by atoms with Gasteiger partial charge in [0.2, 0.25) is 0 Å². The van der Waals surface area contributed by atoms with Gasteiger partial charge in [-0.1, -0.05) is 43.0 Å². The van der Waals surface area contributed by atoms with Crippen LogP contribution in [0.25, 0.3) is 0 Å². The summed E-state index contributed by atoms with van der Waals surface area (Å²) in [6, 6.07) is 3.50. The Kier molecular flexibility index (Phi) is 8.97. The molecule has 26 heavy (non-hydrogen) atoms. The first kappa shape index (κ1) is 21.8. The quantitative estimate of drug-likeness (QED) is 0.520. The molecule has 8 heteroatoms. The van der Waals surface area contributed by atoms with Gasteiger partial charge in [-0.05, 0) is 30.5 Å². The molecule has 0 fully saturated rings. The van der Waals surface area contributed by atoms with Crippen LogP contribution in [0.5, 0.6) is 0 Å². The van der Waals surface area contributed by atoms with Gasteiger partial charge >= 0.3 is 5.97 Å². The average molecular weight is 399 g/mol. The van der Waals surface area contributed by atoms with E-state index in [0.29, 0.717) is 11.4 Å². The maximum absolute atomic E-state index is 12.4. The second-order valence-corrected chi connectivity index (χ2v) is 6.71. The van der Waals surface area contributed by atoms with Gasteiger partial charge in [-0.2, -0.15) is 0 Å². The third kappa shape index (κ3) is 7.34. The maximum atomic E-state index is 12.4. The number of hydrogen-bond acceptors (Lipinski definition) is 4. The minimum Gasteiger partial charge on any atom is -0.454 e. The SMILES string of the molecule is C#CCNC(=O)COC(=O)[C@H](CC(C)C)NC(=O)c1ccc(Cl)cc1Cl. The molecule has 6 nitrogen and oxygen atoms in total. The molecule has 0 aromatic heterocycles. The fraction of sp³-hybridized carbons (Fsp3) is 0.389. The smallest absolute Gasteiger partial charge is 0.329 e. The van der Waals surface area contributed by atoms with Crippen molar-refractivity contribution >= 4 is 41.0 Å². The Balaban J connectivity index is 2.76. The van der Waals surface area contributed by atoms with Gasteiger partial charge < -0.3 is 15.4 Å². The van der Waals surface area contributed by atoms with E-state index >= 15 is 0 Å². The number of esters is 1. The van der Waals surface area contributed by atoms with Crippen LogP contribution in [0, 0.1) is 18.3 Å². The summed E-state index contributed by atoms with van der Waals surface area (Å²) in [5.74, 6) is 0.566. The molecule has 0 aliphatic heterocycles. The van der Waals surface area contributed by atoms with E-state index in [2.05, 4.69) is 16.6 Å². The number of nitrogens with one attached hydrogen (secondary N) is 2. The van der Waals surface area contributed by atoms with E-state index in [-0.39, 0.29) is 23.0 Å². The lowest BCUT2D eigenvalue weighted by Gasteiger charge is -2.19. The van der Waals surface area contributed by atoms with Gasteiger partial charge in [0.05, 0.1) is 17.1 Å². The predicted molar refractivity (Wildman–Crippen MR) is 100.0 cm³/mol. The van der Waals surface area contributed by atoms with Crippen LogP contribution >= 0.6 is 23.2 Å². The highest BCUT2D eigenvalue weighted by molar-refractivity contribution is 6.36. The summed E-state index contributed by atoms with van der Waals surface area (Å²) in [6.07, 6.45) is 5.36. The van der Waals surface area contributed by atoms with Gasteiger partial charge in [-0.15, -0.1) is 6.42 Å². The van der Waals surface area contributed by atoms with Gasteiger partial charge in [-0.3, -0.25) is 9.59 Å². The molecule has 0 aliphatic carbocycles. The summed E-state index contributed by atoms with van der Waals surface area (Å²) in [5.41, 5.74) is 0.185. The number of halogens is 2. The molecule has 1 rings (SSSR count). The number of carbonyl (C=O) groups is 3. The first-order valence-corrected chi connectivity index (χ1v) is 8.62. The van der Waals surface area contributed by atoms with Crippen molar-refractivity contribution in [2.24, 2.45) is 5.92 Å². The van der Waals surface area contributed by atoms with E-state index in [1.165, 1.54) is 18.2 Å². The first-order valence-electron chi connectivity index (χ1n) is 7.87. The summed E-state index contributed by atoms with van der Waals surface area (Å²) < 4.78 is 4.96. The second kappa shape index (κ2) is 10.7. The Bertz CT molecular complexity index is 714. The molecule has 0 saturated carbocycles. The zero-order chi connectivity index (χ0) is 19.7. The molecule has 0 saturated heterocycles. The molecule has 1 atom stereocenters. The zero-order valence-corrected chi connectivity index (χ0v) is 16.0. The van der Waals surface area contributed by atoms with E-state index in [4.69, 9.17) is 34.4 Å². The van der Waals surface area contributed by atoms with E-state index in [9.17, 15) is 14.4 Å². The lowest BCUT2D eigenvalue weighted by molar-refractivity contribution is -0.150. The van der Waals surface area contributed by atoms with E-state index in [0.717, 1.165) is 0 Å². The number of carbonyl (C=O) groups excluding carboxylic acids is 3. The van der Waals surface area contributed by atoms with Gasteiger partial charge in [0.25, 0.3) is 11.8 Å². The van der Waals surface area contributed by atoms with Crippen LogP contribution in [0.3, 0.4) is 0 Å². The number of hydrogen-bond donors (Lipinski definition) is 2. The van der Waals surface area contributed by atoms with Crippen molar-refractivity contribution < 1.29 is 19.1 Å². The molecule has 0 spiro atoms. The van der Waals surface area contributed by atoms with E-state index in [1.54, 1.807) is 0 Å². The van der Waals surface area contributed by atoms with Gasteiger partial charge in [-0.25, -0.2) is 4.79 Å². The second-order valence-electron chi connectivity index (χ2n) is 5.87. The Morgan fingerprint density at radius 1 is 1.27 bits per heavy atom. The number of amides is 2. The standard InChI is InChI=1S/C18H20Cl2N2O4/c1-4-7-21-16(23)10-26-18(25)15(8-11(2)3)22-17(24)13-6-5-12(19)9-14(13)20/h1,5-6,9,11,15H,7-8,10H2,2-3H3,(H,21,23)(H,22,24)/t15-/m0/s1.